The van der Waals surface area contributed by atoms with Crippen LogP contribution in [0.5, 0.6) is 0 Å². The van der Waals surface area contributed by atoms with Crippen LogP contribution in [-0.2, 0) is 4.79 Å². The Balaban J connectivity index is 0.000000561. The zero-order valence-corrected chi connectivity index (χ0v) is 7.79. The van der Waals surface area contributed by atoms with Crippen LogP contribution >= 0.6 is 0 Å². The number of carboxylic acid groups (broad SMARTS) is 1. The van der Waals surface area contributed by atoms with E-state index in [1.54, 1.807) is 0 Å². The van der Waals surface area contributed by atoms with Crippen LogP contribution in [0.15, 0.2) is 0 Å². The van der Waals surface area contributed by atoms with Crippen molar-refractivity contribution in [1.82, 2.24) is 0 Å². The Kier molecular flexibility index (Phi) is 5.72. The van der Waals surface area contributed by atoms with Crippen molar-refractivity contribution in [1.29, 1.82) is 0 Å². The standard InChI is InChI=1S/C7H12O3.C2H6/c8-6-3-1-2-5(4-6)7(9)10;1-2/h5-6,8H,1-4H2,(H,9,10);1-2H3. The maximum Gasteiger partial charge on any atom is 0.306 e. The van der Waals surface area contributed by atoms with E-state index in [-0.39, 0.29) is 12.0 Å². The monoisotopic (exact) mass is 174 g/mol. The molecule has 0 aliphatic heterocycles. The number of hydrogen-bond acceptors (Lipinski definition) is 2. The Labute approximate surface area is 73.4 Å². The fourth-order valence-corrected chi connectivity index (χ4v) is 1.39. The van der Waals surface area contributed by atoms with Crippen molar-refractivity contribution in [3.8, 4) is 0 Å². The Morgan fingerprint density at radius 3 is 2.25 bits per heavy atom. The molecular weight excluding hydrogens is 156 g/mol. The zero-order valence-electron chi connectivity index (χ0n) is 7.79. The molecule has 0 amide bonds. The Hall–Kier alpha value is -0.570. The predicted octanol–water partition coefficient (Wildman–Crippen LogP) is 1.65. The second-order valence-electron chi connectivity index (χ2n) is 2.86. The van der Waals surface area contributed by atoms with Crippen LogP contribution in [0.3, 0.4) is 0 Å². The van der Waals surface area contributed by atoms with E-state index in [9.17, 15) is 4.79 Å². The SMILES string of the molecule is CC.O=C(O)C1CCCC(O)C1. The van der Waals surface area contributed by atoms with Gasteiger partial charge in [0.15, 0.2) is 0 Å². The molecule has 3 heteroatoms. The summed E-state index contributed by atoms with van der Waals surface area (Å²) in [5.41, 5.74) is 0. The van der Waals surface area contributed by atoms with Crippen molar-refractivity contribution in [3.05, 3.63) is 0 Å². The average Bonchev–Trinajstić information content (AvgIpc) is 2.08. The smallest absolute Gasteiger partial charge is 0.306 e. The van der Waals surface area contributed by atoms with E-state index in [0.717, 1.165) is 19.3 Å². The first-order valence-corrected chi connectivity index (χ1v) is 4.61. The molecule has 3 nitrogen and oxygen atoms in total. The molecule has 0 heterocycles. The lowest BCUT2D eigenvalue weighted by atomic mass is 9.87. The van der Waals surface area contributed by atoms with Gasteiger partial charge in [0.05, 0.1) is 12.0 Å². The summed E-state index contributed by atoms with van der Waals surface area (Å²) in [7, 11) is 0. The van der Waals surface area contributed by atoms with Gasteiger partial charge in [0.25, 0.3) is 0 Å². The number of aliphatic hydroxyl groups is 1. The number of aliphatic hydroxyl groups excluding tert-OH is 1. The third kappa shape index (κ3) is 3.72. The Bertz CT molecular complexity index is 134. The van der Waals surface area contributed by atoms with E-state index >= 15 is 0 Å². The second-order valence-corrected chi connectivity index (χ2v) is 2.86. The molecule has 1 rings (SSSR count). The molecule has 2 N–H and O–H groups in total. The minimum atomic E-state index is -0.765. The Morgan fingerprint density at radius 2 is 1.92 bits per heavy atom. The van der Waals surface area contributed by atoms with E-state index in [1.165, 1.54) is 0 Å². The van der Waals surface area contributed by atoms with Crippen molar-refractivity contribution in [2.75, 3.05) is 0 Å². The van der Waals surface area contributed by atoms with Crippen molar-refractivity contribution in [3.63, 3.8) is 0 Å². The van der Waals surface area contributed by atoms with Gasteiger partial charge in [-0.2, -0.15) is 0 Å². The molecular formula is C9H18O3. The third-order valence-electron chi connectivity index (χ3n) is 2.00. The van der Waals surface area contributed by atoms with Crippen LogP contribution in [0, 0.1) is 5.92 Å². The van der Waals surface area contributed by atoms with Crippen LogP contribution in [0.1, 0.15) is 39.5 Å². The fourth-order valence-electron chi connectivity index (χ4n) is 1.39. The van der Waals surface area contributed by atoms with Gasteiger partial charge in [0.1, 0.15) is 0 Å². The summed E-state index contributed by atoms with van der Waals surface area (Å²) in [6.07, 6.45) is 2.40. The number of hydrogen-bond donors (Lipinski definition) is 2. The summed E-state index contributed by atoms with van der Waals surface area (Å²) < 4.78 is 0. The van der Waals surface area contributed by atoms with Crippen LogP contribution in [0.4, 0.5) is 0 Å². The molecule has 0 bridgehead atoms. The highest BCUT2D eigenvalue weighted by Crippen LogP contribution is 2.23. The molecule has 1 fully saturated rings. The van der Waals surface area contributed by atoms with E-state index in [4.69, 9.17) is 10.2 Å². The van der Waals surface area contributed by atoms with Crippen LogP contribution < -0.4 is 0 Å². The number of rotatable bonds is 1. The molecule has 0 radical (unpaired) electrons. The molecule has 1 saturated carbocycles. The Morgan fingerprint density at radius 1 is 1.33 bits per heavy atom. The summed E-state index contributed by atoms with van der Waals surface area (Å²) in [6, 6.07) is 0. The van der Waals surface area contributed by atoms with Crippen molar-refractivity contribution >= 4 is 5.97 Å². The topological polar surface area (TPSA) is 57.5 Å². The van der Waals surface area contributed by atoms with Gasteiger partial charge in [0.2, 0.25) is 0 Å². The molecule has 12 heavy (non-hydrogen) atoms. The van der Waals surface area contributed by atoms with E-state index in [2.05, 4.69) is 0 Å². The van der Waals surface area contributed by atoms with Crippen LogP contribution in [0.2, 0.25) is 0 Å². The van der Waals surface area contributed by atoms with Gasteiger partial charge in [-0.3, -0.25) is 4.79 Å². The first-order chi connectivity index (χ1) is 5.70. The molecule has 0 saturated heterocycles. The highest BCUT2D eigenvalue weighted by atomic mass is 16.4. The van der Waals surface area contributed by atoms with Crippen LogP contribution in [-0.4, -0.2) is 22.3 Å². The number of carbonyl (C=O) groups is 1. The molecule has 1 aliphatic carbocycles. The summed E-state index contributed by atoms with van der Waals surface area (Å²) >= 11 is 0. The molecule has 1 aliphatic rings. The van der Waals surface area contributed by atoms with Crippen LogP contribution in [0.25, 0.3) is 0 Å². The summed E-state index contributed by atoms with van der Waals surface area (Å²) in [4.78, 5) is 10.4. The molecule has 72 valence electrons. The lowest BCUT2D eigenvalue weighted by Crippen LogP contribution is -2.25. The highest BCUT2D eigenvalue weighted by Gasteiger charge is 2.25. The number of carboxylic acids is 1. The summed E-state index contributed by atoms with van der Waals surface area (Å²) in [6.45, 7) is 4.00. The van der Waals surface area contributed by atoms with Gasteiger partial charge < -0.3 is 10.2 Å². The molecule has 0 aromatic carbocycles. The van der Waals surface area contributed by atoms with Crippen molar-refractivity contribution in [2.24, 2.45) is 5.92 Å². The van der Waals surface area contributed by atoms with Crippen molar-refractivity contribution in [2.45, 2.75) is 45.6 Å². The first-order valence-electron chi connectivity index (χ1n) is 4.61. The predicted molar refractivity (Wildman–Crippen MR) is 46.9 cm³/mol. The largest absolute Gasteiger partial charge is 0.481 e. The quantitative estimate of drug-likeness (QED) is 0.635. The van der Waals surface area contributed by atoms with Gasteiger partial charge in [-0.25, -0.2) is 0 Å². The minimum Gasteiger partial charge on any atom is -0.481 e. The lowest BCUT2D eigenvalue weighted by molar-refractivity contribution is -0.144. The molecule has 2 atom stereocenters. The fraction of sp³-hybridized carbons (Fsp3) is 0.889. The van der Waals surface area contributed by atoms with Crippen molar-refractivity contribution < 1.29 is 15.0 Å². The van der Waals surface area contributed by atoms with E-state index in [0.29, 0.717) is 6.42 Å². The molecule has 2 unspecified atom stereocenters. The first kappa shape index (κ1) is 11.4. The third-order valence-corrected chi connectivity index (χ3v) is 2.00. The normalized spacial score (nSPS) is 28.6. The number of aliphatic carboxylic acids is 1. The molecule has 0 aromatic rings. The summed E-state index contributed by atoms with van der Waals surface area (Å²) in [5.74, 6) is -1.07. The lowest BCUT2D eigenvalue weighted by Gasteiger charge is -2.21. The molecule has 0 spiro atoms. The van der Waals surface area contributed by atoms with Gasteiger partial charge in [0, 0.05) is 0 Å². The van der Waals surface area contributed by atoms with Gasteiger partial charge in [-0.1, -0.05) is 20.3 Å². The maximum absolute atomic E-state index is 10.4. The second kappa shape index (κ2) is 6.00. The van der Waals surface area contributed by atoms with E-state index < -0.39 is 5.97 Å². The molecule has 0 aromatic heterocycles. The van der Waals surface area contributed by atoms with E-state index in [1.807, 2.05) is 13.8 Å². The average molecular weight is 174 g/mol. The minimum absolute atomic E-state index is 0.302. The maximum atomic E-state index is 10.4. The highest BCUT2D eigenvalue weighted by molar-refractivity contribution is 5.70. The van der Waals surface area contributed by atoms with Gasteiger partial charge in [-0.05, 0) is 19.3 Å². The zero-order chi connectivity index (χ0) is 9.56. The summed E-state index contributed by atoms with van der Waals surface area (Å²) in [5, 5.41) is 17.6. The van der Waals surface area contributed by atoms with Gasteiger partial charge >= 0.3 is 5.97 Å². The van der Waals surface area contributed by atoms with Gasteiger partial charge in [-0.15, -0.1) is 0 Å².